The topological polar surface area (TPSA) is 106 Å². The number of hydrogen-bond acceptors (Lipinski definition) is 6. The molecule has 0 aliphatic carbocycles. The predicted octanol–water partition coefficient (Wildman–Crippen LogP) is 3.13. The highest BCUT2D eigenvalue weighted by Crippen LogP contribution is 2.25. The van der Waals surface area contributed by atoms with E-state index < -0.39 is 34.3 Å². The zero-order chi connectivity index (χ0) is 24.7. The van der Waals surface area contributed by atoms with Gasteiger partial charge < -0.3 is 14.5 Å². The lowest BCUT2D eigenvalue weighted by atomic mass is 10.1. The van der Waals surface area contributed by atoms with Gasteiger partial charge in [0.05, 0.1) is 16.9 Å². The van der Waals surface area contributed by atoms with Crippen LogP contribution in [0.5, 0.6) is 0 Å². The first kappa shape index (κ1) is 25.1. The van der Waals surface area contributed by atoms with Crippen LogP contribution in [0.15, 0.2) is 70.0 Å². The summed E-state index contributed by atoms with van der Waals surface area (Å²) in [5.41, 5.74) is 0.743. The maximum Gasteiger partial charge on any atom is 0.306 e. The van der Waals surface area contributed by atoms with Crippen molar-refractivity contribution in [3.05, 3.63) is 77.8 Å². The lowest BCUT2D eigenvalue weighted by Gasteiger charge is -2.15. The first-order valence-electron chi connectivity index (χ1n) is 10.4. The SMILES string of the molecule is CN(C)S(=O)(=O)c1ccccc1CNC(=O)COC(=O)CCc1ccc(-c2ccccc2F)o1. The van der Waals surface area contributed by atoms with E-state index in [9.17, 15) is 22.4 Å². The number of esters is 1. The van der Waals surface area contributed by atoms with Crippen molar-refractivity contribution in [3.63, 3.8) is 0 Å². The van der Waals surface area contributed by atoms with Gasteiger partial charge in [-0.1, -0.05) is 30.3 Å². The summed E-state index contributed by atoms with van der Waals surface area (Å²) in [5, 5.41) is 2.55. The Morgan fingerprint density at radius 1 is 1.03 bits per heavy atom. The van der Waals surface area contributed by atoms with Crippen molar-refractivity contribution in [2.24, 2.45) is 0 Å². The molecule has 0 saturated carbocycles. The summed E-state index contributed by atoms with van der Waals surface area (Å²) in [6.45, 7) is -0.537. The Hall–Kier alpha value is -3.50. The molecule has 0 fully saturated rings. The molecule has 0 spiro atoms. The second-order valence-corrected chi connectivity index (χ2v) is 9.70. The molecule has 0 aliphatic rings. The van der Waals surface area contributed by atoms with Crippen LogP contribution in [0.25, 0.3) is 11.3 Å². The van der Waals surface area contributed by atoms with Gasteiger partial charge >= 0.3 is 5.97 Å². The van der Waals surface area contributed by atoms with E-state index >= 15 is 0 Å². The molecule has 0 bridgehead atoms. The number of ether oxygens (including phenoxy) is 1. The Balaban J connectivity index is 1.46. The number of nitrogens with one attached hydrogen (secondary N) is 1. The van der Waals surface area contributed by atoms with E-state index in [2.05, 4.69) is 5.32 Å². The number of halogens is 1. The van der Waals surface area contributed by atoms with E-state index in [-0.39, 0.29) is 24.3 Å². The average molecular weight is 489 g/mol. The smallest absolute Gasteiger partial charge is 0.306 e. The molecule has 0 saturated heterocycles. The van der Waals surface area contributed by atoms with E-state index in [1.807, 2.05) is 0 Å². The van der Waals surface area contributed by atoms with Crippen molar-refractivity contribution in [2.45, 2.75) is 24.3 Å². The highest BCUT2D eigenvalue weighted by atomic mass is 32.2. The summed E-state index contributed by atoms with van der Waals surface area (Å²) < 4.78 is 50.4. The monoisotopic (exact) mass is 488 g/mol. The maximum atomic E-state index is 13.9. The lowest BCUT2D eigenvalue weighted by Crippen LogP contribution is -2.30. The van der Waals surface area contributed by atoms with Crippen LogP contribution in [0.3, 0.4) is 0 Å². The molecule has 34 heavy (non-hydrogen) atoms. The molecule has 2 aromatic carbocycles. The summed E-state index contributed by atoms with van der Waals surface area (Å²) >= 11 is 0. The number of rotatable bonds is 10. The Morgan fingerprint density at radius 2 is 1.74 bits per heavy atom. The molecule has 10 heteroatoms. The van der Waals surface area contributed by atoms with Crippen molar-refractivity contribution < 1.29 is 31.6 Å². The van der Waals surface area contributed by atoms with Gasteiger partial charge in [0.15, 0.2) is 6.61 Å². The fourth-order valence-corrected chi connectivity index (χ4v) is 4.22. The number of hydrogen-bond donors (Lipinski definition) is 1. The molecule has 0 unspecified atom stereocenters. The second kappa shape index (κ2) is 11.1. The molecule has 8 nitrogen and oxygen atoms in total. The van der Waals surface area contributed by atoms with Crippen LogP contribution in [0.2, 0.25) is 0 Å². The van der Waals surface area contributed by atoms with Gasteiger partial charge in [-0.15, -0.1) is 0 Å². The summed E-state index contributed by atoms with van der Waals surface area (Å²) in [6, 6.07) is 15.8. The molecule has 1 N–H and O–H groups in total. The number of amides is 1. The summed E-state index contributed by atoms with van der Waals surface area (Å²) in [5.74, 6) is -0.730. The van der Waals surface area contributed by atoms with Crippen molar-refractivity contribution >= 4 is 21.9 Å². The van der Waals surface area contributed by atoms with E-state index in [1.165, 1.54) is 26.2 Å². The molecule has 1 aromatic heterocycles. The van der Waals surface area contributed by atoms with Crippen LogP contribution in [0.4, 0.5) is 4.39 Å². The average Bonchev–Trinajstić information content (AvgIpc) is 3.29. The van der Waals surface area contributed by atoms with E-state index in [1.54, 1.807) is 48.5 Å². The highest BCUT2D eigenvalue weighted by molar-refractivity contribution is 7.89. The van der Waals surface area contributed by atoms with Crippen molar-refractivity contribution in [2.75, 3.05) is 20.7 Å². The summed E-state index contributed by atoms with van der Waals surface area (Å²) in [4.78, 5) is 24.2. The summed E-state index contributed by atoms with van der Waals surface area (Å²) in [7, 11) is -0.818. The van der Waals surface area contributed by atoms with Crippen LogP contribution in [-0.4, -0.2) is 45.3 Å². The van der Waals surface area contributed by atoms with Crippen LogP contribution < -0.4 is 5.32 Å². The highest BCUT2D eigenvalue weighted by Gasteiger charge is 2.21. The minimum Gasteiger partial charge on any atom is -0.461 e. The lowest BCUT2D eigenvalue weighted by molar-refractivity contribution is -0.148. The number of sulfonamides is 1. The van der Waals surface area contributed by atoms with Crippen LogP contribution in [-0.2, 0) is 37.3 Å². The molecule has 1 heterocycles. The number of carbonyl (C=O) groups excluding carboxylic acids is 2. The largest absolute Gasteiger partial charge is 0.461 e. The minimum atomic E-state index is -3.67. The number of aryl methyl sites for hydroxylation is 1. The van der Waals surface area contributed by atoms with Crippen LogP contribution >= 0.6 is 0 Å². The van der Waals surface area contributed by atoms with E-state index in [4.69, 9.17) is 9.15 Å². The van der Waals surface area contributed by atoms with Crippen molar-refractivity contribution in [1.82, 2.24) is 9.62 Å². The van der Waals surface area contributed by atoms with Gasteiger partial charge in [-0.25, -0.2) is 17.1 Å². The first-order valence-corrected chi connectivity index (χ1v) is 11.9. The van der Waals surface area contributed by atoms with Gasteiger partial charge in [-0.2, -0.15) is 0 Å². The quantitative estimate of drug-likeness (QED) is 0.440. The van der Waals surface area contributed by atoms with Crippen molar-refractivity contribution in [1.29, 1.82) is 0 Å². The molecule has 0 radical (unpaired) electrons. The van der Waals surface area contributed by atoms with Gasteiger partial charge in [-0.3, -0.25) is 9.59 Å². The maximum absolute atomic E-state index is 13.9. The number of carbonyl (C=O) groups is 2. The van der Waals surface area contributed by atoms with Gasteiger partial charge in [0.1, 0.15) is 17.3 Å². The van der Waals surface area contributed by atoms with Crippen molar-refractivity contribution in [3.8, 4) is 11.3 Å². The zero-order valence-corrected chi connectivity index (χ0v) is 19.6. The predicted molar refractivity (Wildman–Crippen MR) is 123 cm³/mol. The Labute approximate surface area is 197 Å². The molecule has 180 valence electrons. The fourth-order valence-electron chi connectivity index (χ4n) is 3.10. The van der Waals surface area contributed by atoms with Crippen LogP contribution in [0.1, 0.15) is 17.7 Å². The third kappa shape index (κ3) is 6.30. The first-order chi connectivity index (χ1) is 16.2. The van der Waals surface area contributed by atoms with Gasteiger partial charge in [0, 0.05) is 27.1 Å². The summed E-state index contributed by atoms with van der Waals surface area (Å²) in [6.07, 6.45) is 0.200. The molecule has 0 aliphatic heterocycles. The van der Waals surface area contributed by atoms with Gasteiger partial charge in [0.25, 0.3) is 5.91 Å². The molecule has 3 aromatic rings. The van der Waals surface area contributed by atoms with E-state index in [0.29, 0.717) is 22.6 Å². The van der Waals surface area contributed by atoms with Crippen LogP contribution in [0, 0.1) is 5.82 Å². The van der Waals surface area contributed by atoms with E-state index in [0.717, 1.165) is 4.31 Å². The molecular weight excluding hydrogens is 463 g/mol. The zero-order valence-electron chi connectivity index (χ0n) is 18.8. The normalized spacial score (nSPS) is 11.4. The standard InChI is InChI=1S/C24H25FN2O6S/c1-27(2)34(30,31)22-10-6-3-7-17(22)15-26-23(28)16-32-24(29)14-12-18-11-13-21(33-18)19-8-4-5-9-20(19)25/h3-11,13H,12,14-16H2,1-2H3,(H,26,28). The minimum absolute atomic E-state index is 0.0264. The fraction of sp³-hybridized carbons (Fsp3) is 0.250. The molecule has 1 amide bonds. The number of nitrogens with zero attached hydrogens (tertiary/aromatic N) is 1. The Kier molecular flexibility index (Phi) is 8.19. The Bertz CT molecular complexity index is 1270. The number of furan rings is 1. The number of benzene rings is 2. The third-order valence-electron chi connectivity index (χ3n) is 4.95. The third-order valence-corrected chi connectivity index (χ3v) is 6.86. The van der Waals surface area contributed by atoms with Gasteiger partial charge in [0.2, 0.25) is 10.0 Å². The Morgan fingerprint density at radius 3 is 2.47 bits per heavy atom. The molecule has 3 rings (SSSR count). The molecule has 0 atom stereocenters. The molecular formula is C24H25FN2O6S. The second-order valence-electron chi connectivity index (χ2n) is 7.58. The van der Waals surface area contributed by atoms with Gasteiger partial charge in [-0.05, 0) is 35.9 Å².